The number of amides is 1. The molecular formula is C16H20N2O3. The van der Waals surface area contributed by atoms with Gasteiger partial charge >= 0.3 is 5.97 Å². The monoisotopic (exact) mass is 288 g/mol. The van der Waals surface area contributed by atoms with Crippen molar-refractivity contribution in [3.8, 4) is 12.3 Å². The van der Waals surface area contributed by atoms with Crippen LogP contribution in [0.5, 0.6) is 0 Å². The van der Waals surface area contributed by atoms with Crippen LogP contribution >= 0.6 is 0 Å². The third-order valence-corrected chi connectivity index (χ3v) is 3.18. The molecule has 0 heterocycles. The van der Waals surface area contributed by atoms with Crippen molar-refractivity contribution in [3.05, 3.63) is 29.8 Å². The zero-order valence-electron chi connectivity index (χ0n) is 12.3. The first-order valence-corrected chi connectivity index (χ1v) is 6.85. The van der Waals surface area contributed by atoms with Crippen molar-refractivity contribution in [3.63, 3.8) is 0 Å². The van der Waals surface area contributed by atoms with Crippen molar-refractivity contribution in [2.24, 2.45) is 0 Å². The number of benzene rings is 1. The second-order valence-corrected chi connectivity index (χ2v) is 4.49. The summed E-state index contributed by atoms with van der Waals surface area (Å²) in [5, 5.41) is 11.4. The highest BCUT2D eigenvalue weighted by atomic mass is 16.4. The molecule has 2 N–H and O–H groups in total. The van der Waals surface area contributed by atoms with Crippen LogP contribution in [0.25, 0.3) is 0 Å². The van der Waals surface area contributed by atoms with Crippen LogP contribution in [0, 0.1) is 12.3 Å². The number of rotatable bonds is 7. The Balaban J connectivity index is 2.79. The molecule has 0 aliphatic carbocycles. The Morgan fingerprint density at radius 3 is 2.29 bits per heavy atom. The maximum atomic E-state index is 12.0. The number of nitrogens with zero attached hydrogens (tertiary/aromatic N) is 1. The average molecular weight is 288 g/mol. The van der Waals surface area contributed by atoms with Gasteiger partial charge < -0.3 is 15.3 Å². The number of carbonyl (C=O) groups is 2. The molecular weight excluding hydrogens is 268 g/mol. The highest BCUT2D eigenvalue weighted by Gasteiger charge is 2.19. The van der Waals surface area contributed by atoms with E-state index in [0.29, 0.717) is 5.56 Å². The average Bonchev–Trinajstić information content (AvgIpc) is 2.48. The fourth-order valence-electron chi connectivity index (χ4n) is 1.97. The van der Waals surface area contributed by atoms with Gasteiger partial charge in [-0.2, -0.15) is 0 Å². The molecule has 5 heteroatoms. The highest BCUT2D eigenvalue weighted by molar-refractivity contribution is 5.96. The summed E-state index contributed by atoms with van der Waals surface area (Å²) in [6.45, 7) is 5.87. The first-order valence-electron chi connectivity index (χ1n) is 6.85. The van der Waals surface area contributed by atoms with Gasteiger partial charge in [0.25, 0.3) is 5.91 Å². The van der Waals surface area contributed by atoms with Crippen LogP contribution in [0.1, 0.15) is 30.6 Å². The smallest absolute Gasteiger partial charge is 0.327 e. The topological polar surface area (TPSA) is 69.6 Å². The zero-order chi connectivity index (χ0) is 15.8. The molecule has 1 rings (SSSR count). The summed E-state index contributed by atoms with van der Waals surface area (Å²) < 4.78 is 0. The van der Waals surface area contributed by atoms with E-state index in [9.17, 15) is 9.59 Å². The van der Waals surface area contributed by atoms with E-state index < -0.39 is 17.9 Å². The van der Waals surface area contributed by atoms with Crippen molar-refractivity contribution in [1.82, 2.24) is 5.32 Å². The minimum atomic E-state index is -1.14. The molecule has 0 bridgehead atoms. The third kappa shape index (κ3) is 4.53. The number of carboxylic acids is 1. The lowest BCUT2D eigenvalue weighted by molar-refractivity contribution is -0.139. The summed E-state index contributed by atoms with van der Waals surface area (Å²) in [6, 6.07) is 5.98. The number of hydrogen-bond donors (Lipinski definition) is 2. The quantitative estimate of drug-likeness (QED) is 0.750. The third-order valence-electron chi connectivity index (χ3n) is 3.18. The molecule has 1 unspecified atom stereocenters. The predicted octanol–water partition coefficient (Wildman–Crippen LogP) is 1.74. The van der Waals surface area contributed by atoms with E-state index >= 15 is 0 Å². The fourth-order valence-corrected chi connectivity index (χ4v) is 1.97. The Bertz CT molecular complexity index is 527. The first kappa shape index (κ1) is 16.6. The van der Waals surface area contributed by atoms with Crippen LogP contribution in [0.2, 0.25) is 0 Å². The molecule has 1 aromatic rings. The Hall–Kier alpha value is -2.48. The van der Waals surface area contributed by atoms with E-state index in [4.69, 9.17) is 11.5 Å². The molecule has 0 fully saturated rings. The number of aliphatic carboxylic acids is 1. The maximum absolute atomic E-state index is 12.0. The van der Waals surface area contributed by atoms with Crippen molar-refractivity contribution in [2.45, 2.75) is 26.3 Å². The van der Waals surface area contributed by atoms with E-state index in [0.717, 1.165) is 18.8 Å². The minimum Gasteiger partial charge on any atom is -0.480 e. The molecule has 0 aromatic heterocycles. The lowest BCUT2D eigenvalue weighted by atomic mass is 10.1. The van der Waals surface area contributed by atoms with E-state index in [1.54, 1.807) is 12.1 Å². The number of carbonyl (C=O) groups excluding carboxylic acids is 1. The Kier molecular flexibility index (Phi) is 6.28. The summed E-state index contributed by atoms with van der Waals surface area (Å²) in [5.74, 6) is 0.664. The second kappa shape index (κ2) is 7.95. The number of terminal acetylenes is 1. The molecule has 0 saturated carbocycles. The summed E-state index contributed by atoms with van der Waals surface area (Å²) in [6.07, 6.45) is 5.05. The van der Waals surface area contributed by atoms with Gasteiger partial charge in [-0.25, -0.2) is 4.79 Å². The number of carboxylic acid groups (broad SMARTS) is 1. The molecule has 0 radical (unpaired) electrons. The van der Waals surface area contributed by atoms with Gasteiger partial charge in [0.1, 0.15) is 6.04 Å². The van der Waals surface area contributed by atoms with Gasteiger partial charge in [-0.1, -0.05) is 0 Å². The van der Waals surface area contributed by atoms with Crippen molar-refractivity contribution < 1.29 is 14.7 Å². The predicted molar refractivity (Wildman–Crippen MR) is 82.3 cm³/mol. The molecule has 0 aliphatic heterocycles. The molecule has 112 valence electrons. The SMILES string of the molecule is C#CCC(NC(=O)c1ccc(N(CC)CC)cc1)C(=O)O. The molecule has 1 aromatic carbocycles. The van der Waals surface area contributed by atoms with Gasteiger partial charge in [0.05, 0.1) is 0 Å². The van der Waals surface area contributed by atoms with Crippen molar-refractivity contribution in [1.29, 1.82) is 0 Å². The van der Waals surface area contributed by atoms with E-state index in [1.165, 1.54) is 0 Å². The van der Waals surface area contributed by atoms with Crippen LogP contribution in [0.4, 0.5) is 5.69 Å². The van der Waals surface area contributed by atoms with E-state index in [1.807, 2.05) is 12.1 Å². The normalized spacial score (nSPS) is 11.3. The zero-order valence-corrected chi connectivity index (χ0v) is 12.3. The Morgan fingerprint density at radius 2 is 1.86 bits per heavy atom. The Labute approximate surface area is 125 Å². The molecule has 0 spiro atoms. The van der Waals surface area contributed by atoms with Gasteiger partial charge in [-0.15, -0.1) is 12.3 Å². The number of nitrogens with one attached hydrogen (secondary N) is 1. The van der Waals surface area contributed by atoms with Crippen LogP contribution < -0.4 is 10.2 Å². The van der Waals surface area contributed by atoms with Gasteiger partial charge in [0.15, 0.2) is 0 Å². The van der Waals surface area contributed by atoms with Gasteiger partial charge in [0, 0.05) is 30.8 Å². The van der Waals surface area contributed by atoms with E-state index in [-0.39, 0.29) is 6.42 Å². The van der Waals surface area contributed by atoms with E-state index in [2.05, 4.69) is 30.0 Å². The van der Waals surface area contributed by atoms with Gasteiger partial charge in [-0.05, 0) is 38.1 Å². The Morgan fingerprint density at radius 1 is 1.29 bits per heavy atom. The molecule has 1 atom stereocenters. The van der Waals surface area contributed by atoms with Crippen LogP contribution in [0.15, 0.2) is 24.3 Å². The van der Waals surface area contributed by atoms with Crippen LogP contribution in [-0.4, -0.2) is 36.1 Å². The first-order chi connectivity index (χ1) is 10.0. The summed E-state index contributed by atoms with van der Waals surface area (Å²) >= 11 is 0. The summed E-state index contributed by atoms with van der Waals surface area (Å²) in [7, 11) is 0. The highest BCUT2D eigenvalue weighted by Crippen LogP contribution is 2.15. The maximum Gasteiger partial charge on any atom is 0.327 e. The molecule has 1 amide bonds. The van der Waals surface area contributed by atoms with Crippen LogP contribution in [-0.2, 0) is 4.79 Å². The summed E-state index contributed by atoms with van der Waals surface area (Å²) in [5.41, 5.74) is 1.43. The number of anilines is 1. The van der Waals surface area contributed by atoms with Gasteiger partial charge in [-0.3, -0.25) is 4.79 Å². The largest absolute Gasteiger partial charge is 0.480 e. The van der Waals surface area contributed by atoms with Crippen LogP contribution in [0.3, 0.4) is 0 Å². The standard InChI is InChI=1S/C16H20N2O3/c1-4-7-14(16(20)21)17-15(19)12-8-10-13(11-9-12)18(5-2)6-3/h1,8-11,14H,5-7H2,2-3H3,(H,17,19)(H,20,21). The lowest BCUT2D eigenvalue weighted by Gasteiger charge is -2.21. The fraction of sp³-hybridized carbons (Fsp3) is 0.375. The lowest BCUT2D eigenvalue weighted by Crippen LogP contribution is -2.40. The number of hydrogen-bond acceptors (Lipinski definition) is 3. The summed E-state index contributed by atoms with van der Waals surface area (Å²) in [4.78, 5) is 25.1. The molecule has 0 aliphatic rings. The molecule has 5 nitrogen and oxygen atoms in total. The van der Waals surface area contributed by atoms with Gasteiger partial charge in [0.2, 0.25) is 0 Å². The minimum absolute atomic E-state index is 0.0431. The van der Waals surface area contributed by atoms with Crippen molar-refractivity contribution in [2.75, 3.05) is 18.0 Å². The molecule has 0 saturated heterocycles. The van der Waals surface area contributed by atoms with Crippen molar-refractivity contribution >= 4 is 17.6 Å². The second-order valence-electron chi connectivity index (χ2n) is 4.49. The molecule has 21 heavy (non-hydrogen) atoms.